The highest BCUT2D eigenvalue weighted by Crippen LogP contribution is 1.99. The molecule has 0 aromatic heterocycles. The van der Waals surface area contributed by atoms with Gasteiger partial charge in [-0.1, -0.05) is 13.8 Å². The van der Waals surface area contributed by atoms with E-state index < -0.39 is 6.10 Å². The van der Waals surface area contributed by atoms with E-state index in [1.807, 2.05) is 13.8 Å². The Hall–Kier alpha value is -0.650. The van der Waals surface area contributed by atoms with Gasteiger partial charge in [-0.15, -0.1) is 0 Å². The van der Waals surface area contributed by atoms with Gasteiger partial charge >= 0.3 is 0 Å². The number of hydrogen-bond donors (Lipinski definition) is 3. The number of carbonyl (C=O) groups is 1. The average molecular weight is 243 g/mol. The van der Waals surface area contributed by atoms with Crippen LogP contribution >= 0.6 is 0 Å². The fourth-order valence-electron chi connectivity index (χ4n) is 1.77. The number of rotatable bonds is 5. The lowest BCUT2D eigenvalue weighted by Gasteiger charge is -2.20. The number of aliphatic hydroxyl groups excluding tert-OH is 1. The highest BCUT2D eigenvalue weighted by atomic mass is 16.3. The van der Waals surface area contributed by atoms with Gasteiger partial charge in [-0.05, 0) is 25.4 Å². The molecule has 0 bridgehead atoms. The van der Waals surface area contributed by atoms with Crippen LogP contribution in [0.4, 0.5) is 0 Å². The zero-order valence-electron chi connectivity index (χ0n) is 10.9. The van der Waals surface area contributed by atoms with Crippen molar-refractivity contribution in [2.75, 3.05) is 39.3 Å². The monoisotopic (exact) mass is 243 g/mol. The van der Waals surface area contributed by atoms with Crippen molar-refractivity contribution in [3.05, 3.63) is 0 Å². The van der Waals surface area contributed by atoms with Gasteiger partial charge in [-0.2, -0.15) is 0 Å². The van der Waals surface area contributed by atoms with Crippen LogP contribution in [-0.4, -0.2) is 61.3 Å². The summed E-state index contributed by atoms with van der Waals surface area (Å²) in [5.74, 6) is 0.185. The molecule has 0 radical (unpaired) electrons. The average Bonchev–Trinajstić information content (AvgIpc) is 2.54. The summed E-state index contributed by atoms with van der Waals surface area (Å²) in [6.07, 6.45) is 0.631. The molecule has 1 aliphatic rings. The van der Waals surface area contributed by atoms with E-state index in [4.69, 9.17) is 0 Å². The Labute approximate surface area is 104 Å². The molecule has 100 valence electrons. The lowest BCUT2D eigenvalue weighted by atomic mass is 10.1. The van der Waals surface area contributed by atoms with Crippen LogP contribution in [0, 0.1) is 5.92 Å². The Bertz CT molecular complexity index is 226. The minimum absolute atomic E-state index is 0.00611. The molecule has 17 heavy (non-hydrogen) atoms. The first kappa shape index (κ1) is 14.4. The summed E-state index contributed by atoms with van der Waals surface area (Å²) in [6, 6.07) is 0. The minimum atomic E-state index is -0.454. The zero-order valence-corrected chi connectivity index (χ0v) is 10.9. The van der Waals surface area contributed by atoms with Crippen molar-refractivity contribution in [3.8, 4) is 0 Å². The van der Waals surface area contributed by atoms with Gasteiger partial charge < -0.3 is 15.7 Å². The molecule has 1 rings (SSSR count). The molecule has 1 aliphatic heterocycles. The maximum Gasteiger partial charge on any atom is 0.234 e. The van der Waals surface area contributed by atoms with Crippen LogP contribution in [0.5, 0.6) is 0 Å². The lowest BCUT2D eigenvalue weighted by Crippen LogP contribution is -2.42. The minimum Gasteiger partial charge on any atom is -0.391 e. The van der Waals surface area contributed by atoms with E-state index in [2.05, 4.69) is 15.5 Å². The van der Waals surface area contributed by atoms with Crippen LogP contribution in [0.15, 0.2) is 0 Å². The van der Waals surface area contributed by atoms with Gasteiger partial charge in [0, 0.05) is 19.6 Å². The molecule has 0 aliphatic carbocycles. The summed E-state index contributed by atoms with van der Waals surface area (Å²) in [7, 11) is 0. The standard InChI is InChI=1S/C12H25N3O2/c1-10(2)11(16)8-14-12(17)9-15-6-3-4-13-5-7-15/h10-11,13,16H,3-9H2,1-2H3,(H,14,17). The maximum atomic E-state index is 11.7. The molecule has 5 nitrogen and oxygen atoms in total. The summed E-state index contributed by atoms with van der Waals surface area (Å²) >= 11 is 0. The van der Waals surface area contributed by atoms with Crippen molar-refractivity contribution in [1.82, 2.24) is 15.5 Å². The highest BCUT2D eigenvalue weighted by Gasteiger charge is 2.14. The van der Waals surface area contributed by atoms with Crippen LogP contribution in [0.3, 0.4) is 0 Å². The molecule has 0 saturated carbocycles. The summed E-state index contributed by atoms with van der Waals surface area (Å²) in [4.78, 5) is 13.8. The Morgan fingerprint density at radius 1 is 1.41 bits per heavy atom. The summed E-state index contributed by atoms with van der Waals surface area (Å²) in [6.45, 7) is 8.53. The third-order valence-corrected chi connectivity index (χ3v) is 3.08. The molecule has 5 heteroatoms. The van der Waals surface area contributed by atoms with E-state index in [1.165, 1.54) is 0 Å². The molecule has 1 fully saturated rings. The summed E-state index contributed by atoms with van der Waals surface area (Å²) in [5.41, 5.74) is 0. The third kappa shape index (κ3) is 6.00. The number of nitrogens with zero attached hydrogens (tertiary/aromatic N) is 1. The Balaban J connectivity index is 2.19. The van der Waals surface area contributed by atoms with Gasteiger partial charge in [-0.25, -0.2) is 0 Å². The quantitative estimate of drug-likeness (QED) is 0.604. The van der Waals surface area contributed by atoms with Crippen LogP contribution in [0.1, 0.15) is 20.3 Å². The molecule has 3 N–H and O–H groups in total. The van der Waals surface area contributed by atoms with E-state index in [-0.39, 0.29) is 11.8 Å². The third-order valence-electron chi connectivity index (χ3n) is 3.08. The Morgan fingerprint density at radius 2 is 2.18 bits per heavy atom. The molecular weight excluding hydrogens is 218 g/mol. The lowest BCUT2D eigenvalue weighted by molar-refractivity contribution is -0.122. The number of aliphatic hydroxyl groups is 1. The Morgan fingerprint density at radius 3 is 2.88 bits per heavy atom. The van der Waals surface area contributed by atoms with E-state index in [1.54, 1.807) is 0 Å². The summed E-state index contributed by atoms with van der Waals surface area (Å²) < 4.78 is 0. The number of amides is 1. The predicted molar refractivity (Wildman–Crippen MR) is 67.8 cm³/mol. The number of hydrogen-bond acceptors (Lipinski definition) is 4. The molecule has 1 unspecified atom stereocenters. The normalized spacial score (nSPS) is 20.0. The van der Waals surface area contributed by atoms with Crippen molar-refractivity contribution < 1.29 is 9.90 Å². The van der Waals surface area contributed by atoms with Crippen molar-refractivity contribution in [2.24, 2.45) is 5.92 Å². The highest BCUT2D eigenvalue weighted by molar-refractivity contribution is 5.78. The predicted octanol–water partition coefficient (Wildman–Crippen LogP) is -0.585. The smallest absolute Gasteiger partial charge is 0.234 e. The van der Waals surface area contributed by atoms with Gasteiger partial charge in [0.05, 0.1) is 12.6 Å². The second-order valence-corrected chi connectivity index (χ2v) is 5.00. The molecule has 0 spiro atoms. The van der Waals surface area contributed by atoms with Gasteiger partial charge in [-0.3, -0.25) is 9.69 Å². The first-order valence-corrected chi connectivity index (χ1v) is 6.47. The van der Waals surface area contributed by atoms with Crippen molar-refractivity contribution in [3.63, 3.8) is 0 Å². The van der Waals surface area contributed by atoms with Crippen LogP contribution in [0.25, 0.3) is 0 Å². The first-order valence-electron chi connectivity index (χ1n) is 6.47. The fourth-order valence-corrected chi connectivity index (χ4v) is 1.77. The topological polar surface area (TPSA) is 64.6 Å². The van der Waals surface area contributed by atoms with Gasteiger partial charge in [0.1, 0.15) is 0 Å². The first-order chi connectivity index (χ1) is 8.09. The number of carbonyl (C=O) groups excluding carboxylic acids is 1. The van der Waals surface area contributed by atoms with Crippen LogP contribution in [-0.2, 0) is 4.79 Å². The Kier molecular flexibility index (Phi) is 6.47. The maximum absolute atomic E-state index is 11.7. The second-order valence-electron chi connectivity index (χ2n) is 5.00. The summed E-state index contributed by atoms with van der Waals surface area (Å²) in [5, 5.41) is 15.7. The van der Waals surface area contributed by atoms with Crippen molar-refractivity contribution in [1.29, 1.82) is 0 Å². The molecule has 0 aromatic rings. The zero-order chi connectivity index (χ0) is 12.7. The largest absolute Gasteiger partial charge is 0.391 e. The van der Waals surface area contributed by atoms with Crippen molar-refractivity contribution >= 4 is 5.91 Å². The van der Waals surface area contributed by atoms with Gasteiger partial charge in [0.2, 0.25) is 5.91 Å². The fraction of sp³-hybridized carbons (Fsp3) is 0.917. The number of nitrogens with one attached hydrogen (secondary N) is 2. The molecule has 1 saturated heterocycles. The van der Waals surface area contributed by atoms with Crippen molar-refractivity contribution in [2.45, 2.75) is 26.4 Å². The second kappa shape index (κ2) is 7.63. The van der Waals surface area contributed by atoms with Crippen LogP contribution in [0.2, 0.25) is 0 Å². The molecule has 1 amide bonds. The molecule has 0 aromatic carbocycles. The molecule has 1 heterocycles. The van der Waals surface area contributed by atoms with E-state index in [0.29, 0.717) is 13.1 Å². The SMILES string of the molecule is CC(C)C(O)CNC(=O)CN1CCCNCC1. The van der Waals surface area contributed by atoms with E-state index in [9.17, 15) is 9.90 Å². The van der Waals surface area contributed by atoms with E-state index in [0.717, 1.165) is 32.6 Å². The van der Waals surface area contributed by atoms with Crippen LogP contribution < -0.4 is 10.6 Å². The van der Waals surface area contributed by atoms with E-state index >= 15 is 0 Å². The van der Waals surface area contributed by atoms with Gasteiger partial charge in [0.15, 0.2) is 0 Å². The molecular formula is C12H25N3O2. The van der Waals surface area contributed by atoms with Gasteiger partial charge in [0.25, 0.3) is 0 Å². The molecule has 1 atom stereocenters.